The Morgan fingerprint density at radius 3 is 2.83 bits per heavy atom. The number of likely N-dealkylation sites (tertiary alicyclic amines) is 1. The zero-order valence-electron chi connectivity index (χ0n) is 13.8. The van der Waals surface area contributed by atoms with Gasteiger partial charge in [-0.25, -0.2) is 4.98 Å². The molecule has 3 heterocycles. The summed E-state index contributed by atoms with van der Waals surface area (Å²) in [4.78, 5) is 18.8. The second kappa shape index (κ2) is 4.91. The summed E-state index contributed by atoms with van der Waals surface area (Å²) in [5, 5.41) is 8.62. The van der Waals surface area contributed by atoms with Crippen molar-refractivity contribution in [1.82, 2.24) is 24.6 Å². The van der Waals surface area contributed by atoms with Gasteiger partial charge in [0.2, 0.25) is 5.76 Å². The highest BCUT2D eigenvalue weighted by atomic mass is 16.3. The molecule has 7 heteroatoms. The van der Waals surface area contributed by atoms with Crippen LogP contribution in [0, 0.1) is 12.3 Å². The number of aromatic nitrogens is 4. The van der Waals surface area contributed by atoms with Crippen molar-refractivity contribution in [1.29, 1.82) is 0 Å². The van der Waals surface area contributed by atoms with Crippen molar-refractivity contribution in [2.75, 3.05) is 13.1 Å². The first-order chi connectivity index (χ1) is 11.7. The molecule has 1 unspecified atom stereocenters. The van der Waals surface area contributed by atoms with Crippen LogP contribution in [-0.4, -0.2) is 43.6 Å². The van der Waals surface area contributed by atoms with E-state index in [4.69, 9.17) is 4.42 Å². The molecule has 0 aromatic carbocycles. The first kappa shape index (κ1) is 14.2. The average Bonchev–Trinajstić information content (AvgIpc) is 2.99. The maximum atomic E-state index is 12.9. The van der Waals surface area contributed by atoms with Crippen molar-refractivity contribution in [2.24, 2.45) is 5.41 Å². The van der Waals surface area contributed by atoms with E-state index >= 15 is 0 Å². The highest BCUT2D eigenvalue weighted by Gasteiger charge is 2.54. The molecule has 1 amide bonds. The maximum absolute atomic E-state index is 12.9. The Labute approximate surface area is 140 Å². The van der Waals surface area contributed by atoms with E-state index in [0.717, 1.165) is 25.2 Å². The highest BCUT2D eigenvalue weighted by molar-refractivity contribution is 5.92. The van der Waals surface area contributed by atoms with Gasteiger partial charge in [0.1, 0.15) is 12.2 Å². The number of carbonyl (C=O) groups excluding carboxylic acids is 1. The molecule has 2 aromatic rings. The fourth-order valence-corrected chi connectivity index (χ4v) is 4.40. The Morgan fingerprint density at radius 2 is 2.21 bits per heavy atom. The predicted molar refractivity (Wildman–Crippen MR) is 84.5 cm³/mol. The molecular weight excluding hydrogens is 306 g/mol. The molecule has 5 rings (SSSR count). The normalized spacial score (nSPS) is 25.2. The number of nitrogens with zero attached hydrogens (tertiary/aromatic N) is 5. The SMILES string of the molecule is Cc1ncoc1C(=O)N1CC(c2nncn2C2CC2)C2(CCC2)C1. The summed E-state index contributed by atoms with van der Waals surface area (Å²) in [5.41, 5.74) is 0.829. The van der Waals surface area contributed by atoms with Crippen molar-refractivity contribution in [3.8, 4) is 0 Å². The molecule has 1 aliphatic heterocycles. The maximum Gasteiger partial charge on any atom is 0.291 e. The third-order valence-electron chi connectivity index (χ3n) is 6.08. The lowest BCUT2D eigenvalue weighted by molar-refractivity contribution is 0.0693. The van der Waals surface area contributed by atoms with Crippen LogP contribution in [-0.2, 0) is 0 Å². The average molecular weight is 327 g/mol. The minimum atomic E-state index is -0.0451. The van der Waals surface area contributed by atoms with Gasteiger partial charge in [-0.1, -0.05) is 6.42 Å². The van der Waals surface area contributed by atoms with Crippen molar-refractivity contribution in [2.45, 2.75) is 51.0 Å². The summed E-state index contributed by atoms with van der Waals surface area (Å²) in [7, 11) is 0. The van der Waals surface area contributed by atoms with E-state index in [0.29, 0.717) is 24.0 Å². The summed E-state index contributed by atoms with van der Waals surface area (Å²) in [5.74, 6) is 1.67. The molecule has 1 spiro atoms. The first-order valence-corrected chi connectivity index (χ1v) is 8.77. The van der Waals surface area contributed by atoms with Crippen LogP contribution in [0.25, 0.3) is 0 Å². The second-order valence-electron chi connectivity index (χ2n) is 7.55. The molecule has 2 saturated carbocycles. The van der Waals surface area contributed by atoms with Gasteiger partial charge in [0.25, 0.3) is 5.91 Å². The minimum absolute atomic E-state index is 0.0451. The molecule has 24 heavy (non-hydrogen) atoms. The molecule has 0 N–H and O–H groups in total. The van der Waals surface area contributed by atoms with Crippen LogP contribution in [0.4, 0.5) is 0 Å². The van der Waals surface area contributed by atoms with Crippen LogP contribution in [0.1, 0.15) is 66.1 Å². The Bertz CT molecular complexity index is 787. The molecule has 1 saturated heterocycles. The molecule has 1 atom stereocenters. The lowest BCUT2D eigenvalue weighted by atomic mass is 9.62. The Hall–Kier alpha value is -2.18. The van der Waals surface area contributed by atoms with Crippen LogP contribution in [0.2, 0.25) is 0 Å². The van der Waals surface area contributed by atoms with Crippen LogP contribution in [0.5, 0.6) is 0 Å². The van der Waals surface area contributed by atoms with Crippen molar-refractivity contribution in [3.05, 3.63) is 30.0 Å². The number of amides is 1. The van der Waals surface area contributed by atoms with Crippen molar-refractivity contribution >= 4 is 5.91 Å². The van der Waals surface area contributed by atoms with Gasteiger partial charge in [0.15, 0.2) is 6.39 Å². The van der Waals surface area contributed by atoms with Gasteiger partial charge < -0.3 is 13.9 Å². The van der Waals surface area contributed by atoms with Crippen molar-refractivity contribution in [3.63, 3.8) is 0 Å². The van der Waals surface area contributed by atoms with Gasteiger partial charge in [-0.15, -0.1) is 10.2 Å². The van der Waals surface area contributed by atoms with E-state index in [-0.39, 0.29) is 17.2 Å². The minimum Gasteiger partial charge on any atom is -0.438 e. The molecule has 126 valence electrons. The standard InChI is InChI=1S/C17H21N5O2/c1-11-14(24-10-18-11)16(23)21-7-13(17(8-21)5-2-6-17)15-20-19-9-22(15)12-3-4-12/h9-10,12-13H,2-8H2,1H3. The number of aryl methyl sites for hydroxylation is 1. The third-order valence-corrected chi connectivity index (χ3v) is 6.08. The Balaban J connectivity index is 1.46. The van der Waals surface area contributed by atoms with Crippen LogP contribution in [0.15, 0.2) is 17.1 Å². The number of hydrogen-bond acceptors (Lipinski definition) is 5. The molecular formula is C17H21N5O2. The van der Waals surface area contributed by atoms with E-state index in [1.165, 1.54) is 25.7 Å². The lowest BCUT2D eigenvalue weighted by Crippen LogP contribution is -2.38. The predicted octanol–water partition coefficient (Wildman–Crippen LogP) is 2.32. The van der Waals surface area contributed by atoms with Crippen LogP contribution < -0.4 is 0 Å². The fourth-order valence-electron chi connectivity index (χ4n) is 4.40. The lowest BCUT2D eigenvalue weighted by Gasteiger charge is -2.42. The number of carbonyl (C=O) groups is 1. The molecule has 0 bridgehead atoms. The second-order valence-corrected chi connectivity index (χ2v) is 7.55. The molecule has 0 radical (unpaired) electrons. The van der Waals surface area contributed by atoms with Gasteiger partial charge in [-0.2, -0.15) is 0 Å². The molecule has 2 aliphatic carbocycles. The molecule has 3 aliphatic rings. The van der Waals surface area contributed by atoms with Crippen molar-refractivity contribution < 1.29 is 9.21 Å². The van der Waals surface area contributed by atoms with Gasteiger partial charge in [-0.3, -0.25) is 4.79 Å². The Kier molecular flexibility index (Phi) is 2.90. The monoisotopic (exact) mass is 327 g/mol. The largest absolute Gasteiger partial charge is 0.438 e. The molecule has 2 aromatic heterocycles. The zero-order valence-corrected chi connectivity index (χ0v) is 13.8. The molecule has 7 nitrogen and oxygen atoms in total. The highest BCUT2D eigenvalue weighted by Crippen LogP contribution is 2.56. The third kappa shape index (κ3) is 1.96. The quantitative estimate of drug-likeness (QED) is 0.864. The summed E-state index contributed by atoms with van der Waals surface area (Å²) in [6, 6.07) is 0.563. The van der Waals surface area contributed by atoms with E-state index in [2.05, 4.69) is 19.7 Å². The fraction of sp³-hybridized carbons (Fsp3) is 0.647. The van der Waals surface area contributed by atoms with Crippen LogP contribution >= 0.6 is 0 Å². The number of rotatable bonds is 3. The van der Waals surface area contributed by atoms with Gasteiger partial charge in [0.05, 0.1) is 5.69 Å². The first-order valence-electron chi connectivity index (χ1n) is 8.77. The van der Waals surface area contributed by atoms with E-state index in [9.17, 15) is 4.79 Å². The van der Waals surface area contributed by atoms with E-state index in [1.54, 1.807) is 0 Å². The Morgan fingerprint density at radius 1 is 1.38 bits per heavy atom. The number of hydrogen-bond donors (Lipinski definition) is 0. The summed E-state index contributed by atoms with van der Waals surface area (Å²) in [6.07, 6.45) is 9.19. The van der Waals surface area contributed by atoms with Gasteiger partial charge in [-0.05, 0) is 38.0 Å². The zero-order chi connectivity index (χ0) is 16.3. The topological polar surface area (TPSA) is 77.1 Å². The van der Waals surface area contributed by atoms with Crippen LogP contribution in [0.3, 0.4) is 0 Å². The summed E-state index contributed by atoms with van der Waals surface area (Å²) >= 11 is 0. The molecule has 3 fully saturated rings. The summed E-state index contributed by atoms with van der Waals surface area (Å²) in [6.45, 7) is 3.30. The van der Waals surface area contributed by atoms with E-state index < -0.39 is 0 Å². The van der Waals surface area contributed by atoms with Gasteiger partial charge >= 0.3 is 0 Å². The summed E-state index contributed by atoms with van der Waals surface area (Å²) < 4.78 is 7.57. The van der Waals surface area contributed by atoms with Gasteiger partial charge in [0, 0.05) is 25.0 Å². The smallest absolute Gasteiger partial charge is 0.291 e. The number of oxazole rings is 1. The van der Waals surface area contributed by atoms with E-state index in [1.807, 2.05) is 18.2 Å².